The average molecular weight is 420 g/mol. The van der Waals surface area contributed by atoms with E-state index in [1.807, 2.05) is 18.2 Å². The SMILES string of the molecule is CCOC(=O)C1=C(O)/C(=C/c2c(Cl)cccc2Cl)SC1=Nc1ccccc1. The first-order valence-electron chi connectivity index (χ1n) is 8.09. The topological polar surface area (TPSA) is 58.9 Å². The third-order valence-corrected chi connectivity index (χ3v) is 5.31. The molecule has 2 aromatic rings. The van der Waals surface area contributed by atoms with Crippen LogP contribution in [-0.2, 0) is 9.53 Å². The predicted octanol–water partition coefficient (Wildman–Crippen LogP) is 6.19. The van der Waals surface area contributed by atoms with Crippen LogP contribution in [0.15, 0.2) is 69.8 Å². The Balaban J connectivity index is 2.09. The number of aliphatic hydroxyl groups excluding tert-OH is 1. The fourth-order valence-electron chi connectivity index (χ4n) is 2.39. The second kappa shape index (κ2) is 8.65. The molecule has 0 spiro atoms. The van der Waals surface area contributed by atoms with Crippen LogP contribution in [0.3, 0.4) is 0 Å². The van der Waals surface area contributed by atoms with Gasteiger partial charge in [0.15, 0.2) is 0 Å². The summed E-state index contributed by atoms with van der Waals surface area (Å²) in [5.41, 5.74) is 1.24. The number of rotatable bonds is 4. The molecule has 4 nitrogen and oxygen atoms in total. The first kappa shape index (κ1) is 19.5. The zero-order chi connectivity index (χ0) is 19.4. The van der Waals surface area contributed by atoms with Crippen LogP contribution in [0.5, 0.6) is 0 Å². The molecule has 0 saturated heterocycles. The molecule has 0 atom stereocenters. The molecule has 0 bridgehead atoms. The number of para-hydroxylation sites is 1. The largest absolute Gasteiger partial charge is 0.506 e. The van der Waals surface area contributed by atoms with Gasteiger partial charge >= 0.3 is 5.97 Å². The van der Waals surface area contributed by atoms with Crippen LogP contribution in [0.4, 0.5) is 5.69 Å². The number of hydrogen-bond acceptors (Lipinski definition) is 5. The van der Waals surface area contributed by atoms with Crippen molar-refractivity contribution in [1.29, 1.82) is 0 Å². The zero-order valence-corrected chi connectivity index (χ0v) is 16.6. The van der Waals surface area contributed by atoms with Gasteiger partial charge in [-0.05, 0) is 37.3 Å². The highest BCUT2D eigenvalue weighted by molar-refractivity contribution is 8.18. The maximum atomic E-state index is 12.4. The van der Waals surface area contributed by atoms with Crippen molar-refractivity contribution in [1.82, 2.24) is 0 Å². The second-order valence-corrected chi connectivity index (χ2v) is 7.29. The summed E-state index contributed by atoms with van der Waals surface area (Å²) in [4.78, 5) is 17.3. The lowest BCUT2D eigenvalue weighted by molar-refractivity contribution is -0.138. The molecule has 1 heterocycles. The molecule has 1 aliphatic heterocycles. The lowest BCUT2D eigenvalue weighted by atomic mass is 10.1. The third kappa shape index (κ3) is 4.38. The van der Waals surface area contributed by atoms with E-state index in [1.165, 1.54) is 0 Å². The second-order valence-electron chi connectivity index (χ2n) is 5.44. The molecule has 7 heteroatoms. The molecule has 138 valence electrons. The number of ether oxygens (including phenoxy) is 1. The molecular formula is C20H15Cl2NO3S. The monoisotopic (exact) mass is 419 g/mol. The molecule has 0 radical (unpaired) electrons. The number of aliphatic hydroxyl groups is 1. The number of esters is 1. The van der Waals surface area contributed by atoms with Crippen molar-refractivity contribution in [2.24, 2.45) is 4.99 Å². The van der Waals surface area contributed by atoms with Gasteiger partial charge in [0.25, 0.3) is 0 Å². The third-order valence-electron chi connectivity index (χ3n) is 3.63. The van der Waals surface area contributed by atoms with Gasteiger partial charge in [-0.25, -0.2) is 9.79 Å². The smallest absolute Gasteiger partial charge is 0.344 e. The van der Waals surface area contributed by atoms with E-state index in [0.717, 1.165) is 11.8 Å². The standard InChI is InChI=1S/C20H15Cl2NO3S/c1-2-26-20(25)17-18(24)16(11-13-14(21)9-6-10-15(13)22)27-19(17)23-12-7-4-3-5-8-12/h3-11,24H,2H2,1H3/b16-11-,23-19?. The van der Waals surface area contributed by atoms with Gasteiger partial charge in [-0.15, -0.1) is 0 Å². The Labute approximate surface area is 171 Å². The van der Waals surface area contributed by atoms with Crippen molar-refractivity contribution in [3.8, 4) is 0 Å². The van der Waals surface area contributed by atoms with Crippen LogP contribution in [-0.4, -0.2) is 22.7 Å². The fourth-order valence-corrected chi connectivity index (χ4v) is 3.91. The highest BCUT2D eigenvalue weighted by atomic mass is 35.5. The Bertz CT molecular complexity index is 948. The van der Waals surface area contributed by atoms with Crippen molar-refractivity contribution in [2.75, 3.05) is 6.61 Å². The fraction of sp³-hybridized carbons (Fsp3) is 0.100. The molecule has 0 aliphatic carbocycles. The van der Waals surface area contributed by atoms with Crippen molar-refractivity contribution in [3.63, 3.8) is 0 Å². The summed E-state index contributed by atoms with van der Waals surface area (Å²) >= 11 is 13.6. The Hall–Kier alpha value is -2.21. The summed E-state index contributed by atoms with van der Waals surface area (Å²) in [6, 6.07) is 14.3. The van der Waals surface area contributed by atoms with Crippen molar-refractivity contribution >= 4 is 57.7 Å². The van der Waals surface area contributed by atoms with E-state index in [1.54, 1.807) is 43.3 Å². The van der Waals surface area contributed by atoms with E-state index < -0.39 is 5.97 Å². The molecule has 27 heavy (non-hydrogen) atoms. The first-order chi connectivity index (χ1) is 13.0. The Morgan fingerprint density at radius 1 is 1.15 bits per heavy atom. The van der Waals surface area contributed by atoms with Gasteiger partial charge < -0.3 is 9.84 Å². The average Bonchev–Trinajstić information content (AvgIpc) is 2.94. The molecule has 2 aromatic carbocycles. The molecular weight excluding hydrogens is 405 g/mol. The van der Waals surface area contributed by atoms with Crippen molar-refractivity contribution in [3.05, 3.63) is 80.4 Å². The molecule has 0 fully saturated rings. The summed E-state index contributed by atoms with van der Waals surface area (Å²) in [7, 11) is 0. The summed E-state index contributed by atoms with van der Waals surface area (Å²) in [5.74, 6) is -0.838. The molecule has 0 aromatic heterocycles. The quantitative estimate of drug-likeness (QED) is 0.600. The highest BCUT2D eigenvalue weighted by Crippen LogP contribution is 2.41. The summed E-state index contributed by atoms with van der Waals surface area (Å²) in [6.45, 7) is 1.89. The lowest BCUT2D eigenvalue weighted by Crippen LogP contribution is -2.12. The van der Waals surface area contributed by atoms with Gasteiger partial charge in [0.2, 0.25) is 0 Å². The van der Waals surface area contributed by atoms with Crippen molar-refractivity contribution < 1.29 is 14.6 Å². The van der Waals surface area contributed by atoms with E-state index in [-0.39, 0.29) is 17.9 Å². The van der Waals surface area contributed by atoms with Crippen LogP contribution in [0.2, 0.25) is 10.0 Å². The summed E-state index contributed by atoms with van der Waals surface area (Å²) < 4.78 is 5.08. The van der Waals surface area contributed by atoms with Crippen LogP contribution in [0.25, 0.3) is 6.08 Å². The number of carbonyl (C=O) groups is 1. The van der Waals surface area contributed by atoms with E-state index in [9.17, 15) is 9.90 Å². The first-order valence-corrected chi connectivity index (χ1v) is 9.67. The van der Waals surface area contributed by atoms with Crippen LogP contribution in [0.1, 0.15) is 12.5 Å². The van der Waals surface area contributed by atoms with Crippen LogP contribution >= 0.6 is 35.0 Å². The van der Waals surface area contributed by atoms with E-state index in [0.29, 0.717) is 31.2 Å². The highest BCUT2D eigenvalue weighted by Gasteiger charge is 2.33. The van der Waals surface area contributed by atoms with Crippen molar-refractivity contribution in [2.45, 2.75) is 6.92 Å². The van der Waals surface area contributed by atoms with E-state index >= 15 is 0 Å². The minimum absolute atomic E-state index is 0.0279. The maximum Gasteiger partial charge on any atom is 0.344 e. The Morgan fingerprint density at radius 3 is 2.44 bits per heavy atom. The Morgan fingerprint density at radius 2 is 1.81 bits per heavy atom. The van der Waals surface area contributed by atoms with E-state index in [4.69, 9.17) is 27.9 Å². The normalized spacial score (nSPS) is 17.0. The summed E-state index contributed by atoms with van der Waals surface area (Å²) in [5, 5.41) is 11.9. The zero-order valence-electron chi connectivity index (χ0n) is 14.3. The van der Waals surface area contributed by atoms with E-state index in [2.05, 4.69) is 4.99 Å². The summed E-state index contributed by atoms with van der Waals surface area (Å²) in [6.07, 6.45) is 1.64. The number of halogens is 2. The maximum absolute atomic E-state index is 12.4. The van der Waals surface area contributed by atoms with Gasteiger partial charge in [0.1, 0.15) is 16.4 Å². The Kier molecular flexibility index (Phi) is 6.26. The minimum Gasteiger partial charge on any atom is -0.506 e. The van der Waals surface area contributed by atoms with Crippen LogP contribution in [0, 0.1) is 0 Å². The number of carbonyl (C=O) groups excluding carboxylic acids is 1. The number of thioether (sulfide) groups is 1. The van der Waals surface area contributed by atoms with Gasteiger partial charge in [0.05, 0.1) is 17.2 Å². The number of aliphatic imine (C=N–C) groups is 1. The molecule has 0 amide bonds. The number of nitrogens with zero attached hydrogens (tertiary/aromatic N) is 1. The number of hydrogen-bond donors (Lipinski definition) is 1. The van der Waals surface area contributed by atoms with Crippen LogP contribution < -0.4 is 0 Å². The van der Waals surface area contributed by atoms with Gasteiger partial charge in [-0.3, -0.25) is 0 Å². The molecule has 1 N–H and O–H groups in total. The molecule has 3 rings (SSSR count). The van der Waals surface area contributed by atoms with Gasteiger partial charge in [0, 0.05) is 15.6 Å². The van der Waals surface area contributed by atoms with Gasteiger partial charge in [-0.1, -0.05) is 59.2 Å². The number of benzene rings is 2. The molecule has 0 saturated carbocycles. The minimum atomic E-state index is -0.633. The molecule has 1 aliphatic rings. The lowest BCUT2D eigenvalue weighted by Gasteiger charge is -2.03. The predicted molar refractivity (Wildman–Crippen MR) is 112 cm³/mol. The van der Waals surface area contributed by atoms with Gasteiger partial charge in [-0.2, -0.15) is 0 Å². The molecule has 0 unspecified atom stereocenters.